The number of hydrogen-bond donors (Lipinski definition) is 0. The number of rotatable bonds is 4. The van der Waals surface area contributed by atoms with Gasteiger partial charge in [-0.2, -0.15) is 0 Å². The van der Waals surface area contributed by atoms with Crippen molar-refractivity contribution in [1.29, 1.82) is 0 Å². The Kier molecular flexibility index (Phi) is 4.12. The van der Waals surface area contributed by atoms with Crippen LogP contribution in [0.5, 0.6) is 5.75 Å². The molecule has 3 aromatic carbocycles. The molecule has 3 rings (SSSR count). The lowest BCUT2D eigenvalue weighted by Crippen LogP contribution is -1.99. The Morgan fingerprint density at radius 3 is 2.48 bits per heavy atom. The van der Waals surface area contributed by atoms with E-state index < -0.39 is 0 Å². The molecular weight excluding hydrogens is 280 g/mol. The van der Waals surface area contributed by atoms with Crippen LogP contribution in [0.2, 0.25) is 0 Å². The Bertz CT molecular complexity index is 746. The van der Waals surface area contributed by atoms with Crippen LogP contribution in [0.4, 0.5) is 0 Å². The first-order valence-electron chi connectivity index (χ1n) is 7.03. The third kappa shape index (κ3) is 2.88. The highest BCUT2D eigenvalue weighted by Crippen LogP contribution is 2.33. The van der Waals surface area contributed by atoms with Crippen LogP contribution in [0.1, 0.15) is 16.5 Å². The highest BCUT2D eigenvalue weighted by Gasteiger charge is 2.14. The summed E-state index contributed by atoms with van der Waals surface area (Å²) in [6, 6.07) is 22.7. The van der Waals surface area contributed by atoms with Crippen molar-refractivity contribution >= 4 is 22.4 Å². The Balaban J connectivity index is 1.96. The minimum atomic E-state index is -0.0765. The maximum absolute atomic E-state index is 6.69. The van der Waals surface area contributed by atoms with E-state index in [1.54, 1.807) is 7.11 Å². The number of alkyl halides is 1. The van der Waals surface area contributed by atoms with Crippen LogP contribution in [0, 0.1) is 0 Å². The summed E-state index contributed by atoms with van der Waals surface area (Å²) in [5.41, 5.74) is 2.30. The summed E-state index contributed by atoms with van der Waals surface area (Å²) in [5.74, 6) is 0.892. The molecule has 0 aliphatic carbocycles. The summed E-state index contributed by atoms with van der Waals surface area (Å²) >= 11 is 6.69. The molecule has 106 valence electrons. The number of benzene rings is 3. The molecule has 21 heavy (non-hydrogen) atoms. The highest BCUT2D eigenvalue weighted by molar-refractivity contribution is 6.22. The van der Waals surface area contributed by atoms with Crippen LogP contribution in [-0.2, 0) is 6.42 Å². The van der Waals surface area contributed by atoms with Crippen LogP contribution in [0.3, 0.4) is 0 Å². The van der Waals surface area contributed by atoms with E-state index in [0.717, 1.165) is 17.7 Å². The lowest BCUT2D eigenvalue weighted by atomic mass is 9.98. The van der Waals surface area contributed by atoms with Crippen molar-refractivity contribution in [2.75, 3.05) is 7.11 Å². The van der Waals surface area contributed by atoms with Crippen LogP contribution in [0.25, 0.3) is 10.8 Å². The predicted molar refractivity (Wildman–Crippen MR) is 89.2 cm³/mol. The molecule has 1 nitrogen and oxygen atoms in total. The number of para-hydroxylation sites is 1. The maximum atomic E-state index is 6.69. The average Bonchev–Trinajstić information content (AvgIpc) is 2.54. The topological polar surface area (TPSA) is 9.23 Å². The Hall–Kier alpha value is -1.99. The summed E-state index contributed by atoms with van der Waals surface area (Å²) in [5, 5.41) is 2.36. The van der Waals surface area contributed by atoms with Crippen molar-refractivity contribution < 1.29 is 4.74 Å². The molecule has 0 spiro atoms. The second-order valence-corrected chi connectivity index (χ2v) is 5.58. The zero-order valence-electron chi connectivity index (χ0n) is 11.9. The Morgan fingerprint density at radius 2 is 1.62 bits per heavy atom. The van der Waals surface area contributed by atoms with Crippen LogP contribution < -0.4 is 4.74 Å². The van der Waals surface area contributed by atoms with Gasteiger partial charge in [-0.15, -0.1) is 11.6 Å². The molecule has 0 radical (unpaired) electrons. The van der Waals surface area contributed by atoms with E-state index in [4.69, 9.17) is 16.3 Å². The van der Waals surface area contributed by atoms with Crippen molar-refractivity contribution in [2.24, 2.45) is 0 Å². The molecule has 0 aromatic heterocycles. The fourth-order valence-electron chi connectivity index (χ4n) is 2.70. The molecule has 0 heterocycles. The number of fused-ring (bicyclic) bond motifs is 1. The monoisotopic (exact) mass is 296 g/mol. The summed E-state index contributed by atoms with van der Waals surface area (Å²) in [6.07, 6.45) is 0.750. The van der Waals surface area contributed by atoms with Crippen LogP contribution in [-0.4, -0.2) is 7.11 Å². The first-order chi connectivity index (χ1) is 10.3. The largest absolute Gasteiger partial charge is 0.496 e. The molecule has 0 aliphatic heterocycles. The van der Waals surface area contributed by atoms with Crippen molar-refractivity contribution in [3.63, 3.8) is 0 Å². The zero-order chi connectivity index (χ0) is 14.7. The number of hydrogen-bond acceptors (Lipinski definition) is 1. The van der Waals surface area contributed by atoms with Gasteiger partial charge in [0.1, 0.15) is 5.75 Å². The fraction of sp³-hybridized carbons (Fsp3) is 0.158. The lowest BCUT2D eigenvalue weighted by molar-refractivity contribution is 0.409. The van der Waals surface area contributed by atoms with Gasteiger partial charge >= 0.3 is 0 Å². The van der Waals surface area contributed by atoms with Crippen molar-refractivity contribution in [3.8, 4) is 5.75 Å². The van der Waals surface area contributed by atoms with E-state index in [1.165, 1.54) is 16.3 Å². The second kappa shape index (κ2) is 6.19. The van der Waals surface area contributed by atoms with E-state index in [2.05, 4.69) is 48.5 Å². The molecule has 0 amide bonds. The first kappa shape index (κ1) is 14.0. The van der Waals surface area contributed by atoms with Crippen molar-refractivity contribution in [1.82, 2.24) is 0 Å². The van der Waals surface area contributed by atoms with Crippen LogP contribution >= 0.6 is 11.6 Å². The van der Waals surface area contributed by atoms with E-state index in [0.29, 0.717) is 0 Å². The Morgan fingerprint density at radius 1 is 0.905 bits per heavy atom. The van der Waals surface area contributed by atoms with E-state index >= 15 is 0 Å². The van der Waals surface area contributed by atoms with E-state index in [1.807, 2.05) is 18.2 Å². The van der Waals surface area contributed by atoms with Gasteiger partial charge in [0.15, 0.2) is 0 Å². The number of halogens is 1. The van der Waals surface area contributed by atoms with Crippen LogP contribution in [0.15, 0.2) is 66.7 Å². The van der Waals surface area contributed by atoms with Gasteiger partial charge in [0, 0.05) is 0 Å². The maximum Gasteiger partial charge on any atom is 0.122 e. The van der Waals surface area contributed by atoms with Gasteiger partial charge in [0.2, 0.25) is 0 Å². The SMILES string of the molecule is COc1ccccc1CC(Cl)c1cccc2ccccc12. The minimum Gasteiger partial charge on any atom is -0.496 e. The van der Waals surface area contributed by atoms with Gasteiger partial charge in [-0.1, -0.05) is 60.7 Å². The molecule has 0 saturated heterocycles. The third-order valence-electron chi connectivity index (χ3n) is 3.75. The molecule has 0 N–H and O–H groups in total. The van der Waals surface area contributed by atoms with Gasteiger partial charge in [-0.05, 0) is 34.4 Å². The molecular formula is C19H17ClO. The predicted octanol–water partition coefficient (Wildman–Crippen LogP) is 5.37. The van der Waals surface area contributed by atoms with Gasteiger partial charge in [-0.25, -0.2) is 0 Å². The van der Waals surface area contributed by atoms with E-state index in [-0.39, 0.29) is 5.38 Å². The minimum absolute atomic E-state index is 0.0765. The normalized spacial score (nSPS) is 12.3. The standard InChI is InChI=1S/C19H17ClO/c1-21-19-12-5-3-8-15(19)13-18(20)17-11-6-9-14-7-2-4-10-16(14)17/h2-12,18H,13H2,1H3. The summed E-state index contributed by atoms with van der Waals surface area (Å²) < 4.78 is 5.41. The molecule has 3 aromatic rings. The third-order valence-corrected chi connectivity index (χ3v) is 4.14. The molecule has 1 atom stereocenters. The van der Waals surface area contributed by atoms with Crippen molar-refractivity contribution in [3.05, 3.63) is 77.9 Å². The number of ether oxygens (including phenoxy) is 1. The average molecular weight is 297 g/mol. The van der Waals surface area contributed by atoms with Gasteiger partial charge in [-0.3, -0.25) is 0 Å². The highest BCUT2D eigenvalue weighted by atomic mass is 35.5. The molecule has 2 heteroatoms. The quantitative estimate of drug-likeness (QED) is 0.588. The summed E-state index contributed by atoms with van der Waals surface area (Å²) in [6.45, 7) is 0. The summed E-state index contributed by atoms with van der Waals surface area (Å²) in [4.78, 5) is 0. The van der Waals surface area contributed by atoms with Gasteiger partial charge in [0.05, 0.1) is 12.5 Å². The molecule has 0 bridgehead atoms. The number of methoxy groups -OCH3 is 1. The Labute approximate surface area is 130 Å². The smallest absolute Gasteiger partial charge is 0.122 e. The second-order valence-electron chi connectivity index (χ2n) is 5.05. The van der Waals surface area contributed by atoms with E-state index in [9.17, 15) is 0 Å². The van der Waals surface area contributed by atoms with Gasteiger partial charge in [0.25, 0.3) is 0 Å². The fourth-order valence-corrected chi connectivity index (χ4v) is 3.05. The molecule has 1 unspecified atom stereocenters. The molecule has 0 aliphatic rings. The zero-order valence-corrected chi connectivity index (χ0v) is 12.7. The first-order valence-corrected chi connectivity index (χ1v) is 7.47. The lowest BCUT2D eigenvalue weighted by Gasteiger charge is -2.15. The van der Waals surface area contributed by atoms with Gasteiger partial charge < -0.3 is 4.74 Å². The van der Waals surface area contributed by atoms with Crippen molar-refractivity contribution in [2.45, 2.75) is 11.8 Å². The molecule has 0 fully saturated rings. The summed E-state index contributed by atoms with van der Waals surface area (Å²) in [7, 11) is 1.69. The molecule has 0 saturated carbocycles.